The Morgan fingerprint density at radius 2 is 0.953 bits per heavy atom. The third-order valence-electron chi connectivity index (χ3n) is 16.3. The van der Waals surface area contributed by atoms with Gasteiger partial charge in [0.1, 0.15) is 11.2 Å². The molecule has 2 aliphatic heterocycles. The Hall–Kier alpha value is -6.00. The Balaban J connectivity index is 1.24. The van der Waals surface area contributed by atoms with Crippen molar-refractivity contribution in [2.24, 2.45) is 0 Å². The Morgan fingerprint density at radius 1 is 0.438 bits per heavy atom. The second kappa shape index (κ2) is 13.3. The van der Waals surface area contributed by atoms with Crippen LogP contribution in [0.25, 0.3) is 33.1 Å². The minimum atomic E-state index is 0.0262. The molecular weight excluding hydrogens is 775 g/mol. The molecule has 0 N–H and O–H groups in total. The van der Waals surface area contributed by atoms with Gasteiger partial charge in [0.2, 0.25) is 0 Å². The largest absolute Gasteiger partial charge is 0.456 e. The van der Waals surface area contributed by atoms with Crippen molar-refractivity contribution in [2.75, 3.05) is 9.80 Å². The Bertz CT molecular complexity index is 3270. The molecule has 0 saturated carbocycles. The average Bonchev–Trinajstić information content (AvgIpc) is 3.66. The van der Waals surface area contributed by atoms with Gasteiger partial charge in [0.05, 0.1) is 11.1 Å². The molecule has 318 valence electrons. The Morgan fingerprint density at radius 3 is 1.55 bits per heavy atom. The second-order valence-electron chi connectivity index (χ2n) is 22.4. The summed E-state index contributed by atoms with van der Waals surface area (Å²) in [6.45, 7) is 24.4. The number of rotatable bonds is 3. The van der Waals surface area contributed by atoms with Crippen LogP contribution in [-0.2, 0) is 21.7 Å². The summed E-state index contributed by atoms with van der Waals surface area (Å²) >= 11 is 0. The van der Waals surface area contributed by atoms with Crippen LogP contribution in [0.15, 0.2) is 132 Å². The van der Waals surface area contributed by atoms with E-state index < -0.39 is 0 Å². The number of para-hydroxylation sites is 1. The average molecular weight is 835 g/mol. The van der Waals surface area contributed by atoms with E-state index in [9.17, 15) is 0 Å². The van der Waals surface area contributed by atoms with E-state index in [1.54, 1.807) is 0 Å². The van der Waals surface area contributed by atoms with Crippen molar-refractivity contribution in [3.05, 3.63) is 161 Å². The van der Waals surface area contributed by atoms with Crippen molar-refractivity contribution in [3.63, 3.8) is 0 Å². The van der Waals surface area contributed by atoms with Gasteiger partial charge in [-0.05, 0) is 171 Å². The first kappa shape index (κ1) is 39.6. The maximum atomic E-state index is 6.65. The standard InChI is InChI=1S/C60H59BN2O/c1-36-29-51-56-52(30-36)63(48-31-39(24-23-37(48)2)38-17-12-11-13-18-38)50-35-44-42(58(5,6)26-28-60(44,9)10)33-46(50)61(56)45-32-41-43(59(7,8)27-25-57(41,3)4)34-49(45)62(51)47-20-16-22-54-55(47)40-19-14-15-21-53(40)64-54/h11-24,29-35H,25-28H2,1-10H3. The zero-order valence-corrected chi connectivity index (χ0v) is 39.3. The summed E-state index contributed by atoms with van der Waals surface area (Å²) in [5.41, 5.74) is 24.7. The van der Waals surface area contributed by atoms with Crippen LogP contribution >= 0.6 is 0 Å². The second-order valence-corrected chi connectivity index (χ2v) is 22.4. The molecule has 64 heavy (non-hydrogen) atoms. The predicted octanol–water partition coefficient (Wildman–Crippen LogP) is 14.7. The zero-order valence-electron chi connectivity index (χ0n) is 39.3. The Labute approximate surface area is 380 Å². The minimum Gasteiger partial charge on any atom is -0.456 e. The SMILES string of the molecule is Cc1cc2c3c(c1)N(c1cccc4oc5ccccc5c14)c1cc4c(cc1B3c1cc3c(cc1N2c1cc(-c2ccccc2)ccc1C)C(C)(C)CCC3(C)C)C(C)(C)CCC4(C)C. The zero-order chi connectivity index (χ0) is 44.2. The first-order valence-electron chi connectivity index (χ1n) is 23.7. The fraction of sp³-hybridized carbons (Fsp3) is 0.300. The van der Waals surface area contributed by atoms with Crippen LogP contribution in [0.4, 0.5) is 34.1 Å². The van der Waals surface area contributed by atoms with Crippen molar-refractivity contribution in [3.8, 4) is 11.1 Å². The lowest BCUT2D eigenvalue weighted by Crippen LogP contribution is -2.62. The van der Waals surface area contributed by atoms with Gasteiger partial charge in [-0.25, -0.2) is 0 Å². The number of anilines is 6. The highest BCUT2D eigenvalue weighted by Crippen LogP contribution is 2.54. The highest BCUT2D eigenvalue weighted by molar-refractivity contribution is 7.00. The van der Waals surface area contributed by atoms with E-state index in [1.165, 1.54) is 109 Å². The maximum Gasteiger partial charge on any atom is 0.252 e. The molecule has 0 fully saturated rings. The number of fused-ring (bicyclic) bond motifs is 9. The lowest BCUT2D eigenvalue weighted by Gasteiger charge is -2.49. The van der Waals surface area contributed by atoms with E-state index >= 15 is 0 Å². The maximum absolute atomic E-state index is 6.65. The molecule has 12 rings (SSSR count). The van der Waals surface area contributed by atoms with Gasteiger partial charge in [0.25, 0.3) is 6.71 Å². The molecule has 3 nitrogen and oxygen atoms in total. The van der Waals surface area contributed by atoms with Crippen LogP contribution in [0, 0.1) is 13.8 Å². The van der Waals surface area contributed by atoms with Crippen LogP contribution in [-0.4, -0.2) is 6.71 Å². The van der Waals surface area contributed by atoms with Gasteiger partial charge in [0, 0.05) is 33.8 Å². The van der Waals surface area contributed by atoms with E-state index in [4.69, 9.17) is 4.42 Å². The van der Waals surface area contributed by atoms with Gasteiger partial charge < -0.3 is 14.2 Å². The van der Waals surface area contributed by atoms with Gasteiger partial charge in [-0.3, -0.25) is 0 Å². The number of furan rings is 1. The van der Waals surface area contributed by atoms with Crippen molar-refractivity contribution >= 4 is 79.2 Å². The predicted molar refractivity (Wildman–Crippen MR) is 273 cm³/mol. The first-order chi connectivity index (χ1) is 30.5. The third kappa shape index (κ3) is 5.60. The van der Waals surface area contributed by atoms with E-state index in [0.29, 0.717) is 0 Å². The quantitative estimate of drug-likeness (QED) is 0.165. The number of hydrogen-bond donors (Lipinski definition) is 0. The van der Waals surface area contributed by atoms with Gasteiger partial charge in [-0.2, -0.15) is 0 Å². The molecule has 8 aromatic rings. The van der Waals surface area contributed by atoms with Gasteiger partial charge in [-0.1, -0.05) is 134 Å². The van der Waals surface area contributed by atoms with Gasteiger partial charge in [-0.15, -0.1) is 0 Å². The monoisotopic (exact) mass is 834 g/mol. The molecule has 1 aromatic heterocycles. The topological polar surface area (TPSA) is 19.6 Å². The number of nitrogens with zero attached hydrogens (tertiary/aromatic N) is 2. The lowest BCUT2D eigenvalue weighted by molar-refractivity contribution is 0.332. The summed E-state index contributed by atoms with van der Waals surface area (Å²) in [5, 5.41) is 2.31. The molecular formula is C60H59BN2O. The summed E-state index contributed by atoms with van der Waals surface area (Å²) < 4.78 is 6.65. The van der Waals surface area contributed by atoms with Crippen molar-refractivity contribution < 1.29 is 4.42 Å². The molecule has 0 atom stereocenters. The molecule has 0 radical (unpaired) electrons. The van der Waals surface area contributed by atoms with Gasteiger partial charge >= 0.3 is 0 Å². The molecule has 0 bridgehead atoms. The number of hydrogen-bond acceptors (Lipinski definition) is 3. The third-order valence-corrected chi connectivity index (χ3v) is 16.3. The highest BCUT2D eigenvalue weighted by Gasteiger charge is 2.49. The van der Waals surface area contributed by atoms with Crippen molar-refractivity contribution in [2.45, 2.75) is 117 Å². The molecule has 0 amide bonds. The highest BCUT2D eigenvalue weighted by atomic mass is 16.3. The van der Waals surface area contributed by atoms with Gasteiger partial charge in [0.15, 0.2) is 0 Å². The summed E-state index contributed by atoms with van der Waals surface area (Å²) in [4.78, 5) is 5.31. The molecule has 2 aliphatic carbocycles. The summed E-state index contributed by atoms with van der Waals surface area (Å²) in [7, 11) is 0. The van der Waals surface area contributed by atoms with E-state index in [2.05, 4.69) is 206 Å². The van der Waals surface area contributed by atoms with Crippen LogP contribution < -0.4 is 26.2 Å². The summed E-state index contributed by atoms with van der Waals surface area (Å²) in [6.07, 6.45) is 4.66. The van der Waals surface area contributed by atoms with Crippen LogP contribution in [0.1, 0.15) is 114 Å². The molecule has 0 spiro atoms. The fourth-order valence-electron chi connectivity index (χ4n) is 12.4. The molecule has 7 aromatic carbocycles. The number of benzene rings is 7. The lowest BCUT2D eigenvalue weighted by atomic mass is 9.32. The van der Waals surface area contributed by atoms with E-state index in [1.807, 2.05) is 0 Å². The molecule has 0 saturated heterocycles. The molecule has 3 heterocycles. The van der Waals surface area contributed by atoms with Crippen molar-refractivity contribution in [1.82, 2.24) is 0 Å². The fourth-order valence-corrected chi connectivity index (χ4v) is 12.4. The van der Waals surface area contributed by atoms with Crippen molar-refractivity contribution in [1.29, 1.82) is 0 Å². The summed E-state index contributed by atoms with van der Waals surface area (Å²) in [5.74, 6) is 0. The number of aryl methyl sites for hydroxylation is 2. The smallest absolute Gasteiger partial charge is 0.252 e. The minimum absolute atomic E-state index is 0.0262. The van der Waals surface area contributed by atoms with E-state index in [0.717, 1.165) is 34.0 Å². The van der Waals surface area contributed by atoms with Crippen LogP contribution in [0.3, 0.4) is 0 Å². The summed E-state index contributed by atoms with van der Waals surface area (Å²) in [6, 6.07) is 48.8. The first-order valence-corrected chi connectivity index (χ1v) is 23.7. The molecule has 4 aliphatic rings. The Kier molecular flexibility index (Phi) is 8.22. The van der Waals surface area contributed by atoms with Crippen LogP contribution in [0.2, 0.25) is 0 Å². The normalized spacial score (nSPS) is 18.3. The molecule has 4 heteroatoms. The van der Waals surface area contributed by atoms with Crippen LogP contribution in [0.5, 0.6) is 0 Å². The molecule has 0 unspecified atom stereocenters. The van der Waals surface area contributed by atoms with E-state index in [-0.39, 0.29) is 28.4 Å².